The van der Waals surface area contributed by atoms with E-state index >= 15 is 0 Å². The van der Waals surface area contributed by atoms with Gasteiger partial charge >= 0.3 is 0 Å². The van der Waals surface area contributed by atoms with Gasteiger partial charge in [-0.15, -0.1) is 0 Å². The Kier molecular flexibility index (Phi) is 4.38. The van der Waals surface area contributed by atoms with Crippen molar-refractivity contribution in [3.63, 3.8) is 0 Å². The molecule has 1 aromatic heterocycles. The van der Waals surface area contributed by atoms with Crippen LogP contribution >= 0.6 is 0 Å². The van der Waals surface area contributed by atoms with E-state index in [1.54, 1.807) is 19.3 Å². The Morgan fingerprint density at radius 2 is 2.25 bits per heavy atom. The smallest absolute Gasteiger partial charge is 0.146 e. The Hall–Kier alpha value is -1.00. The zero-order valence-corrected chi connectivity index (χ0v) is 10.2. The van der Waals surface area contributed by atoms with Gasteiger partial charge in [-0.2, -0.15) is 0 Å². The maximum absolute atomic E-state index is 13.6. The fraction of sp³-hybridized carbons (Fsp3) is 0.583. The molecule has 1 N–H and O–H groups in total. The summed E-state index contributed by atoms with van der Waals surface area (Å²) < 4.78 is 19.3. The molecule has 4 heteroatoms. The van der Waals surface area contributed by atoms with E-state index in [1.807, 2.05) is 20.8 Å². The summed E-state index contributed by atoms with van der Waals surface area (Å²) in [6, 6.07) is 1.48. The Morgan fingerprint density at radius 3 is 2.75 bits per heavy atom. The minimum Gasteiger partial charge on any atom is -0.374 e. The molecule has 0 aliphatic carbocycles. The molecule has 0 amide bonds. The standard InChI is InChI=1S/C12H19FN2O/c1-5-16-12(2,3)11(14-4)9-6-7-15-8-10(9)13/h6-8,11,14H,5H2,1-4H3. The first-order valence-corrected chi connectivity index (χ1v) is 5.43. The topological polar surface area (TPSA) is 34.1 Å². The van der Waals surface area contributed by atoms with E-state index in [1.165, 1.54) is 6.20 Å². The van der Waals surface area contributed by atoms with Crippen molar-refractivity contribution in [1.82, 2.24) is 10.3 Å². The van der Waals surface area contributed by atoms with Gasteiger partial charge in [-0.05, 0) is 33.9 Å². The minimum atomic E-state index is -0.467. The molecule has 0 spiro atoms. The lowest BCUT2D eigenvalue weighted by Gasteiger charge is -2.34. The number of rotatable bonds is 5. The minimum absolute atomic E-state index is 0.199. The summed E-state index contributed by atoms with van der Waals surface area (Å²) in [5.74, 6) is -0.311. The molecule has 90 valence electrons. The summed E-state index contributed by atoms with van der Waals surface area (Å²) in [6.07, 6.45) is 2.81. The lowest BCUT2D eigenvalue weighted by molar-refractivity contribution is -0.0382. The fourth-order valence-electron chi connectivity index (χ4n) is 1.95. The highest BCUT2D eigenvalue weighted by molar-refractivity contribution is 5.20. The maximum Gasteiger partial charge on any atom is 0.146 e. The molecule has 0 radical (unpaired) electrons. The fourth-order valence-corrected chi connectivity index (χ4v) is 1.95. The maximum atomic E-state index is 13.6. The van der Waals surface area contributed by atoms with Gasteiger partial charge in [0.25, 0.3) is 0 Å². The van der Waals surface area contributed by atoms with Crippen molar-refractivity contribution in [3.05, 3.63) is 29.8 Å². The molecule has 16 heavy (non-hydrogen) atoms. The number of ether oxygens (including phenoxy) is 1. The quantitative estimate of drug-likeness (QED) is 0.836. The van der Waals surface area contributed by atoms with Crippen molar-refractivity contribution < 1.29 is 9.13 Å². The Labute approximate surface area is 96.0 Å². The van der Waals surface area contributed by atoms with Gasteiger partial charge < -0.3 is 10.1 Å². The second-order valence-corrected chi connectivity index (χ2v) is 4.16. The molecular formula is C12H19FN2O. The third-order valence-electron chi connectivity index (χ3n) is 2.62. The van der Waals surface area contributed by atoms with Crippen LogP contribution in [0.15, 0.2) is 18.5 Å². The average molecular weight is 226 g/mol. The molecule has 0 bridgehead atoms. The summed E-state index contributed by atoms with van der Waals surface area (Å²) >= 11 is 0. The van der Waals surface area contributed by atoms with Gasteiger partial charge in [0, 0.05) is 18.4 Å². The van der Waals surface area contributed by atoms with E-state index in [2.05, 4.69) is 10.3 Å². The Morgan fingerprint density at radius 1 is 1.56 bits per heavy atom. The van der Waals surface area contributed by atoms with E-state index in [0.717, 1.165) is 0 Å². The second-order valence-electron chi connectivity index (χ2n) is 4.16. The summed E-state index contributed by atoms with van der Waals surface area (Å²) in [6.45, 7) is 6.41. The van der Waals surface area contributed by atoms with Crippen molar-refractivity contribution >= 4 is 0 Å². The zero-order chi connectivity index (χ0) is 12.2. The number of likely N-dealkylation sites (N-methyl/N-ethyl adjacent to an activating group) is 1. The molecular weight excluding hydrogens is 207 g/mol. The Bertz CT molecular complexity index is 342. The van der Waals surface area contributed by atoms with Crippen LogP contribution < -0.4 is 5.32 Å². The normalized spacial score (nSPS) is 13.8. The second kappa shape index (κ2) is 5.37. The first kappa shape index (κ1) is 13.1. The van der Waals surface area contributed by atoms with Crippen LogP contribution in [0.25, 0.3) is 0 Å². The summed E-state index contributed by atoms with van der Waals surface area (Å²) in [7, 11) is 1.80. The predicted molar refractivity (Wildman–Crippen MR) is 61.7 cm³/mol. The van der Waals surface area contributed by atoms with Crippen LogP contribution in [0.5, 0.6) is 0 Å². The average Bonchev–Trinajstić information content (AvgIpc) is 2.21. The molecule has 0 saturated carbocycles. The number of nitrogens with one attached hydrogen (secondary N) is 1. The number of halogens is 1. The Balaban J connectivity index is 3.03. The summed E-state index contributed by atoms with van der Waals surface area (Å²) in [4.78, 5) is 3.75. The highest BCUT2D eigenvalue weighted by Gasteiger charge is 2.31. The number of nitrogens with zero attached hydrogens (tertiary/aromatic N) is 1. The van der Waals surface area contributed by atoms with E-state index in [4.69, 9.17) is 4.74 Å². The molecule has 0 aliphatic heterocycles. The molecule has 1 atom stereocenters. The molecule has 1 heterocycles. The van der Waals surface area contributed by atoms with Gasteiger partial charge in [0.1, 0.15) is 5.82 Å². The van der Waals surface area contributed by atoms with Crippen molar-refractivity contribution in [2.45, 2.75) is 32.4 Å². The van der Waals surface area contributed by atoms with Crippen LogP contribution in [0.3, 0.4) is 0 Å². The SMILES string of the molecule is CCOC(C)(C)C(NC)c1ccncc1F. The van der Waals surface area contributed by atoms with Gasteiger partial charge in [-0.3, -0.25) is 4.98 Å². The molecule has 1 rings (SSSR count). The first-order valence-electron chi connectivity index (χ1n) is 5.43. The molecule has 0 saturated heterocycles. The van der Waals surface area contributed by atoms with Gasteiger partial charge in [-0.1, -0.05) is 0 Å². The largest absolute Gasteiger partial charge is 0.374 e. The van der Waals surface area contributed by atoms with E-state index in [0.29, 0.717) is 12.2 Å². The number of aromatic nitrogens is 1. The van der Waals surface area contributed by atoms with Crippen LogP contribution in [0.4, 0.5) is 4.39 Å². The molecule has 3 nitrogen and oxygen atoms in total. The monoisotopic (exact) mass is 226 g/mol. The van der Waals surface area contributed by atoms with Crippen LogP contribution in [-0.2, 0) is 4.74 Å². The number of pyridine rings is 1. The van der Waals surface area contributed by atoms with Crippen molar-refractivity contribution in [3.8, 4) is 0 Å². The molecule has 0 aliphatic rings. The molecule has 0 fully saturated rings. The molecule has 0 aromatic carbocycles. The molecule has 1 aromatic rings. The third-order valence-corrected chi connectivity index (χ3v) is 2.62. The van der Waals surface area contributed by atoms with Crippen LogP contribution in [0.1, 0.15) is 32.4 Å². The summed E-state index contributed by atoms with van der Waals surface area (Å²) in [5, 5.41) is 3.09. The number of hydrogen-bond donors (Lipinski definition) is 1. The highest BCUT2D eigenvalue weighted by atomic mass is 19.1. The molecule has 1 unspecified atom stereocenters. The van der Waals surface area contributed by atoms with Crippen molar-refractivity contribution in [1.29, 1.82) is 0 Å². The third kappa shape index (κ3) is 2.77. The van der Waals surface area contributed by atoms with Crippen LogP contribution in [-0.4, -0.2) is 24.2 Å². The lowest BCUT2D eigenvalue weighted by Crippen LogP contribution is -2.40. The zero-order valence-electron chi connectivity index (χ0n) is 10.2. The van der Waals surface area contributed by atoms with Crippen molar-refractivity contribution in [2.75, 3.05) is 13.7 Å². The van der Waals surface area contributed by atoms with Crippen LogP contribution in [0.2, 0.25) is 0 Å². The van der Waals surface area contributed by atoms with E-state index in [9.17, 15) is 4.39 Å². The van der Waals surface area contributed by atoms with Gasteiger partial charge in [0.15, 0.2) is 0 Å². The highest BCUT2D eigenvalue weighted by Crippen LogP contribution is 2.29. The van der Waals surface area contributed by atoms with Crippen LogP contribution in [0, 0.1) is 5.82 Å². The van der Waals surface area contributed by atoms with Crippen molar-refractivity contribution in [2.24, 2.45) is 0 Å². The van der Waals surface area contributed by atoms with E-state index in [-0.39, 0.29) is 11.9 Å². The van der Waals surface area contributed by atoms with Gasteiger partial charge in [-0.25, -0.2) is 4.39 Å². The summed E-state index contributed by atoms with van der Waals surface area (Å²) in [5.41, 5.74) is 0.113. The first-order chi connectivity index (χ1) is 7.53. The van der Waals surface area contributed by atoms with E-state index < -0.39 is 5.60 Å². The number of hydrogen-bond acceptors (Lipinski definition) is 3. The lowest BCUT2D eigenvalue weighted by atomic mass is 9.92. The predicted octanol–water partition coefficient (Wildman–Crippen LogP) is 2.30. The van der Waals surface area contributed by atoms with Gasteiger partial charge in [0.2, 0.25) is 0 Å². The van der Waals surface area contributed by atoms with Gasteiger partial charge in [0.05, 0.1) is 17.8 Å².